The molecule has 0 bridgehead atoms. The van der Waals surface area contributed by atoms with E-state index in [1.165, 1.54) is 24.3 Å². The molecular weight excluding hydrogens is 445 g/mol. The lowest BCUT2D eigenvalue weighted by Gasteiger charge is -2.54. The molecule has 4 unspecified atom stereocenters. The van der Waals surface area contributed by atoms with E-state index in [2.05, 4.69) is 10.2 Å². The lowest BCUT2D eigenvalue weighted by molar-refractivity contribution is -0.137. The average molecular weight is 475 g/mol. The van der Waals surface area contributed by atoms with Gasteiger partial charge in [0.05, 0.1) is 11.7 Å². The van der Waals surface area contributed by atoms with Crippen LogP contribution in [0.4, 0.5) is 13.2 Å². The van der Waals surface area contributed by atoms with Crippen LogP contribution in [0.15, 0.2) is 54.6 Å². The van der Waals surface area contributed by atoms with Gasteiger partial charge in [0.1, 0.15) is 5.75 Å². The molecule has 5 nitrogen and oxygen atoms in total. The number of nitrogens with one attached hydrogen (secondary N) is 1. The summed E-state index contributed by atoms with van der Waals surface area (Å²) >= 11 is 0. The van der Waals surface area contributed by atoms with Crippen molar-refractivity contribution >= 4 is 12.0 Å². The van der Waals surface area contributed by atoms with Crippen molar-refractivity contribution < 1.29 is 28.2 Å². The Morgan fingerprint density at radius 1 is 1.21 bits per heavy atom. The minimum absolute atomic E-state index is 0.0400. The van der Waals surface area contributed by atoms with Gasteiger partial charge in [0, 0.05) is 30.0 Å². The van der Waals surface area contributed by atoms with Crippen molar-refractivity contribution in [2.24, 2.45) is 5.92 Å². The van der Waals surface area contributed by atoms with Crippen LogP contribution in [0.2, 0.25) is 0 Å². The molecule has 1 amide bonds. The number of phenols is 1. The minimum atomic E-state index is -4.45. The number of amides is 1. The number of aliphatic hydroxyl groups excluding tert-OH is 1. The normalized spacial score (nSPS) is 28.0. The maximum Gasteiger partial charge on any atom is 0.416 e. The molecule has 3 N–H and O–H groups in total. The Labute approximate surface area is 196 Å². The number of benzene rings is 2. The van der Waals surface area contributed by atoms with E-state index in [1.807, 2.05) is 13.1 Å². The number of alkyl halides is 3. The standard InChI is InChI=1S/C26H29F3N2O3/c1-31-11-10-25(18-5-3-7-21(32)13-18)15-20(14-23(33)22(25)16-31)30-24(34)9-8-17-4-2-6-19(12-17)26(27,28)29/h2-9,12-13,20,22-23,32-33H,10-11,14-16H2,1H3,(H,30,34)/b9-8+. The lowest BCUT2D eigenvalue weighted by atomic mass is 9.57. The van der Waals surface area contributed by atoms with Crippen LogP contribution in [-0.2, 0) is 16.4 Å². The number of nitrogens with zero attached hydrogens (tertiary/aromatic N) is 1. The summed E-state index contributed by atoms with van der Waals surface area (Å²) in [4.78, 5) is 14.8. The summed E-state index contributed by atoms with van der Waals surface area (Å²) in [5.74, 6) is -0.303. The number of piperidine rings is 1. The summed E-state index contributed by atoms with van der Waals surface area (Å²) in [5.41, 5.74) is 0.0567. The third kappa shape index (κ3) is 5.13. The zero-order valence-corrected chi connectivity index (χ0v) is 18.9. The number of carbonyl (C=O) groups excluding carboxylic acids is 1. The SMILES string of the molecule is CN1CCC2(c3cccc(O)c3)CC(NC(=O)/C=C/c3cccc(C(F)(F)F)c3)CC(O)C2C1. The molecule has 34 heavy (non-hydrogen) atoms. The van der Waals surface area contributed by atoms with Gasteiger partial charge in [0.25, 0.3) is 0 Å². The largest absolute Gasteiger partial charge is 0.508 e. The van der Waals surface area contributed by atoms with Gasteiger partial charge in [-0.05, 0) is 74.3 Å². The molecule has 2 aromatic carbocycles. The van der Waals surface area contributed by atoms with Crippen LogP contribution in [0.25, 0.3) is 6.08 Å². The van der Waals surface area contributed by atoms with E-state index in [1.54, 1.807) is 18.2 Å². The fourth-order valence-corrected chi connectivity index (χ4v) is 5.54. The van der Waals surface area contributed by atoms with Crippen LogP contribution < -0.4 is 5.32 Å². The van der Waals surface area contributed by atoms with Gasteiger partial charge >= 0.3 is 6.18 Å². The number of hydrogen-bond donors (Lipinski definition) is 3. The van der Waals surface area contributed by atoms with Crippen molar-refractivity contribution in [2.45, 2.75) is 43.0 Å². The molecule has 0 radical (unpaired) electrons. The third-order valence-electron chi connectivity index (χ3n) is 7.17. The Morgan fingerprint density at radius 2 is 1.97 bits per heavy atom. The first-order valence-electron chi connectivity index (χ1n) is 11.4. The number of hydrogen-bond acceptors (Lipinski definition) is 4. The molecular formula is C26H29F3N2O3. The fraction of sp³-hybridized carbons (Fsp3) is 0.423. The summed E-state index contributed by atoms with van der Waals surface area (Å²) in [6, 6.07) is 11.6. The molecule has 1 aliphatic carbocycles. The summed E-state index contributed by atoms with van der Waals surface area (Å²) in [6.45, 7) is 1.54. The highest BCUT2D eigenvalue weighted by Gasteiger charge is 2.51. The van der Waals surface area contributed by atoms with E-state index >= 15 is 0 Å². The van der Waals surface area contributed by atoms with Gasteiger partial charge in [-0.2, -0.15) is 13.2 Å². The summed E-state index contributed by atoms with van der Waals surface area (Å²) in [7, 11) is 2.02. The van der Waals surface area contributed by atoms with Gasteiger partial charge in [-0.25, -0.2) is 0 Å². The van der Waals surface area contributed by atoms with E-state index in [4.69, 9.17) is 0 Å². The summed E-state index contributed by atoms with van der Waals surface area (Å²) in [6.07, 6.45) is -0.735. The highest BCUT2D eigenvalue weighted by Crippen LogP contribution is 2.49. The second kappa shape index (κ2) is 9.43. The van der Waals surface area contributed by atoms with Crippen LogP contribution in [-0.4, -0.2) is 53.3 Å². The van der Waals surface area contributed by atoms with E-state index in [0.29, 0.717) is 19.4 Å². The quantitative estimate of drug-likeness (QED) is 0.587. The van der Waals surface area contributed by atoms with Crippen molar-refractivity contribution in [3.05, 3.63) is 71.3 Å². The maximum absolute atomic E-state index is 12.9. The minimum Gasteiger partial charge on any atom is -0.508 e. The topological polar surface area (TPSA) is 72.8 Å². The predicted molar refractivity (Wildman–Crippen MR) is 123 cm³/mol. The molecule has 2 aromatic rings. The predicted octanol–water partition coefficient (Wildman–Crippen LogP) is 3.95. The molecule has 2 fully saturated rings. The smallest absolute Gasteiger partial charge is 0.416 e. The molecule has 1 saturated heterocycles. The van der Waals surface area contributed by atoms with Crippen molar-refractivity contribution in [3.8, 4) is 5.75 Å². The van der Waals surface area contributed by atoms with E-state index in [-0.39, 0.29) is 23.3 Å². The number of aliphatic hydroxyl groups is 1. The molecule has 182 valence electrons. The molecule has 0 spiro atoms. The number of halogens is 3. The average Bonchev–Trinajstić information content (AvgIpc) is 2.78. The van der Waals surface area contributed by atoms with Gasteiger partial charge in [0.2, 0.25) is 5.91 Å². The number of aromatic hydroxyl groups is 1. The highest BCUT2D eigenvalue weighted by atomic mass is 19.4. The zero-order valence-electron chi connectivity index (χ0n) is 18.9. The molecule has 8 heteroatoms. The maximum atomic E-state index is 12.9. The molecule has 1 heterocycles. The summed E-state index contributed by atoms with van der Waals surface area (Å²) in [5, 5.41) is 24.1. The van der Waals surface area contributed by atoms with Crippen LogP contribution in [0.3, 0.4) is 0 Å². The number of phenolic OH excluding ortho intramolecular Hbond substituents is 1. The Balaban J connectivity index is 1.52. The molecule has 4 atom stereocenters. The Morgan fingerprint density at radius 3 is 2.71 bits per heavy atom. The molecule has 1 aliphatic heterocycles. The van der Waals surface area contributed by atoms with Gasteiger partial charge in [-0.3, -0.25) is 4.79 Å². The van der Waals surface area contributed by atoms with Crippen LogP contribution in [0.5, 0.6) is 5.75 Å². The van der Waals surface area contributed by atoms with Crippen LogP contribution in [0.1, 0.15) is 36.0 Å². The Bertz CT molecular complexity index is 1070. The Kier molecular flexibility index (Phi) is 6.73. The van der Waals surface area contributed by atoms with E-state index in [0.717, 1.165) is 30.7 Å². The van der Waals surface area contributed by atoms with Gasteiger partial charge in [-0.15, -0.1) is 0 Å². The molecule has 1 saturated carbocycles. The lowest BCUT2D eigenvalue weighted by Crippen LogP contribution is -2.60. The van der Waals surface area contributed by atoms with Gasteiger partial charge in [0.15, 0.2) is 0 Å². The van der Waals surface area contributed by atoms with Crippen molar-refractivity contribution in [3.63, 3.8) is 0 Å². The number of fused-ring (bicyclic) bond motifs is 1. The fourth-order valence-electron chi connectivity index (χ4n) is 5.54. The van der Waals surface area contributed by atoms with Crippen molar-refractivity contribution in [1.29, 1.82) is 0 Å². The summed E-state index contributed by atoms with van der Waals surface area (Å²) < 4.78 is 38.8. The number of likely N-dealkylation sites (tertiary alicyclic amines) is 1. The zero-order chi connectivity index (χ0) is 24.5. The first-order chi connectivity index (χ1) is 16.1. The second-order valence-corrected chi connectivity index (χ2v) is 9.49. The number of rotatable bonds is 4. The van der Waals surface area contributed by atoms with Crippen molar-refractivity contribution in [1.82, 2.24) is 10.2 Å². The highest BCUT2D eigenvalue weighted by molar-refractivity contribution is 5.92. The second-order valence-electron chi connectivity index (χ2n) is 9.49. The van der Waals surface area contributed by atoms with Crippen LogP contribution >= 0.6 is 0 Å². The first-order valence-corrected chi connectivity index (χ1v) is 11.4. The Hall–Kier alpha value is -2.84. The van der Waals surface area contributed by atoms with E-state index in [9.17, 15) is 28.2 Å². The van der Waals surface area contributed by atoms with Gasteiger partial charge < -0.3 is 20.4 Å². The van der Waals surface area contributed by atoms with Crippen molar-refractivity contribution in [2.75, 3.05) is 20.1 Å². The first kappa shape index (κ1) is 24.3. The molecule has 2 aliphatic rings. The molecule has 0 aromatic heterocycles. The van der Waals surface area contributed by atoms with E-state index < -0.39 is 29.2 Å². The monoisotopic (exact) mass is 474 g/mol. The van der Waals surface area contributed by atoms with Gasteiger partial charge in [-0.1, -0.05) is 24.3 Å². The number of carbonyl (C=O) groups is 1. The third-order valence-corrected chi connectivity index (χ3v) is 7.17. The molecule has 4 rings (SSSR count). The van der Waals surface area contributed by atoms with Crippen LogP contribution in [0, 0.1) is 5.92 Å².